The van der Waals surface area contributed by atoms with E-state index >= 15 is 0 Å². The minimum absolute atomic E-state index is 0.366. The van der Waals surface area contributed by atoms with Crippen LogP contribution in [0.1, 0.15) is 31.7 Å². The molecule has 0 aromatic heterocycles. The van der Waals surface area contributed by atoms with Crippen LogP contribution >= 0.6 is 11.6 Å². The minimum atomic E-state index is 0.366. The molecule has 2 nitrogen and oxygen atoms in total. The summed E-state index contributed by atoms with van der Waals surface area (Å²) in [5, 5.41) is 0.857. The Morgan fingerprint density at radius 1 is 1.32 bits per heavy atom. The van der Waals surface area contributed by atoms with Crippen molar-refractivity contribution in [3.05, 3.63) is 34.9 Å². The van der Waals surface area contributed by atoms with Crippen LogP contribution in [-0.4, -0.2) is 24.5 Å². The maximum Gasteiger partial charge on any atom is 0.0451 e. The predicted octanol–water partition coefficient (Wildman–Crippen LogP) is 3.54. The molecule has 1 aromatic carbocycles. The van der Waals surface area contributed by atoms with Gasteiger partial charge in [0.1, 0.15) is 0 Å². The summed E-state index contributed by atoms with van der Waals surface area (Å²) >= 11 is 6.21. The standard InChI is InChI=1S/C16H25ClN2/c1-12-7-8-16(18)14(9-12)11-19(2)10-13-5-3-4-6-15(13)17/h3-6,12,14,16H,7-11,18H2,1-2H3. The summed E-state index contributed by atoms with van der Waals surface area (Å²) in [4.78, 5) is 2.35. The van der Waals surface area contributed by atoms with Gasteiger partial charge in [-0.3, -0.25) is 0 Å². The van der Waals surface area contributed by atoms with E-state index in [0.29, 0.717) is 12.0 Å². The second-order valence-electron chi connectivity index (χ2n) is 6.13. The molecule has 1 saturated carbocycles. The number of rotatable bonds is 4. The first-order chi connectivity index (χ1) is 9.06. The highest BCUT2D eigenvalue weighted by molar-refractivity contribution is 6.31. The van der Waals surface area contributed by atoms with Gasteiger partial charge in [0.15, 0.2) is 0 Å². The van der Waals surface area contributed by atoms with Gasteiger partial charge in [0.25, 0.3) is 0 Å². The van der Waals surface area contributed by atoms with Gasteiger partial charge < -0.3 is 10.6 Å². The third kappa shape index (κ3) is 4.20. The van der Waals surface area contributed by atoms with Gasteiger partial charge in [-0.2, -0.15) is 0 Å². The number of nitrogens with two attached hydrogens (primary N) is 1. The van der Waals surface area contributed by atoms with E-state index in [4.69, 9.17) is 17.3 Å². The molecule has 0 bridgehead atoms. The fourth-order valence-electron chi connectivity index (χ4n) is 3.11. The van der Waals surface area contributed by atoms with Gasteiger partial charge in [-0.25, -0.2) is 0 Å². The molecule has 3 heteroatoms. The molecule has 2 N–H and O–H groups in total. The molecule has 3 unspecified atom stereocenters. The van der Waals surface area contributed by atoms with Crippen molar-refractivity contribution < 1.29 is 0 Å². The second-order valence-corrected chi connectivity index (χ2v) is 6.54. The lowest BCUT2D eigenvalue weighted by molar-refractivity contribution is 0.177. The van der Waals surface area contributed by atoms with E-state index in [-0.39, 0.29) is 0 Å². The molecule has 0 aliphatic heterocycles. The Morgan fingerprint density at radius 3 is 2.79 bits per heavy atom. The van der Waals surface area contributed by atoms with Crippen LogP contribution in [0.4, 0.5) is 0 Å². The molecule has 1 aliphatic carbocycles. The van der Waals surface area contributed by atoms with Crippen LogP contribution < -0.4 is 5.73 Å². The van der Waals surface area contributed by atoms with Crippen molar-refractivity contribution in [1.82, 2.24) is 4.90 Å². The van der Waals surface area contributed by atoms with Crippen molar-refractivity contribution in [2.75, 3.05) is 13.6 Å². The highest BCUT2D eigenvalue weighted by Gasteiger charge is 2.26. The van der Waals surface area contributed by atoms with Crippen molar-refractivity contribution in [3.8, 4) is 0 Å². The molecule has 2 rings (SSSR count). The van der Waals surface area contributed by atoms with Crippen molar-refractivity contribution in [3.63, 3.8) is 0 Å². The summed E-state index contributed by atoms with van der Waals surface area (Å²) in [5.41, 5.74) is 7.46. The summed E-state index contributed by atoms with van der Waals surface area (Å²) in [6, 6.07) is 8.44. The van der Waals surface area contributed by atoms with Gasteiger partial charge in [-0.05, 0) is 49.8 Å². The van der Waals surface area contributed by atoms with Gasteiger partial charge in [-0.15, -0.1) is 0 Å². The Kier molecular flexibility index (Phi) is 5.26. The van der Waals surface area contributed by atoms with Crippen molar-refractivity contribution >= 4 is 11.6 Å². The Morgan fingerprint density at radius 2 is 2.05 bits per heavy atom. The number of halogens is 1. The van der Waals surface area contributed by atoms with E-state index in [1.165, 1.54) is 24.8 Å². The van der Waals surface area contributed by atoms with Crippen LogP contribution in [0, 0.1) is 11.8 Å². The smallest absolute Gasteiger partial charge is 0.0451 e. The molecule has 0 spiro atoms. The number of hydrogen-bond acceptors (Lipinski definition) is 2. The molecule has 1 aromatic rings. The van der Waals surface area contributed by atoms with Crippen LogP contribution in [-0.2, 0) is 6.54 Å². The molecule has 0 heterocycles. The molecular formula is C16H25ClN2. The summed E-state index contributed by atoms with van der Waals surface area (Å²) in [6.07, 6.45) is 3.71. The minimum Gasteiger partial charge on any atom is -0.327 e. The predicted molar refractivity (Wildman–Crippen MR) is 82.3 cm³/mol. The second kappa shape index (κ2) is 6.74. The number of hydrogen-bond donors (Lipinski definition) is 1. The van der Waals surface area contributed by atoms with E-state index < -0.39 is 0 Å². The molecule has 1 fully saturated rings. The molecule has 0 radical (unpaired) electrons. The van der Waals surface area contributed by atoms with Crippen LogP contribution in [0.5, 0.6) is 0 Å². The van der Waals surface area contributed by atoms with Gasteiger partial charge in [-0.1, -0.05) is 36.7 Å². The van der Waals surface area contributed by atoms with Gasteiger partial charge in [0.2, 0.25) is 0 Å². The SMILES string of the molecule is CC1CCC(N)C(CN(C)Cc2ccccc2Cl)C1. The summed E-state index contributed by atoms with van der Waals surface area (Å²) in [7, 11) is 2.16. The third-order valence-corrected chi connectivity index (χ3v) is 4.62. The van der Waals surface area contributed by atoms with Crippen LogP contribution in [0.2, 0.25) is 5.02 Å². The fourth-order valence-corrected chi connectivity index (χ4v) is 3.31. The summed E-state index contributed by atoms with van der Waals surface area (Å²) < 4.78 is 0. The average Bonchev–Trinajstić information content (AvgIpc) is 2.37. The number of nitrogens with zero attached hydrogens (tertiary/aromatic N) is 1. The lowest BCUT2D eigenvalue weighted by Crippen LogP contribution is -2.41. The zero-order chi connectivity index (χ0) is 13.8. The van der Waals surface area contributed by atoms with Crippen molar-refractivity contribution in [2.24, 2.45) is 17.6 Å². The van der Waals surface area contributed by atoms with Crippen LogP contribution in [0.15, 0.2) is 24.3 Å². The highest BCUT2D eigenvalue weighted by atomic mass is 35.5. The van der Waals surface area contributed by atoms with Gasteiger partial charge in [0.05, 0.1) is 0 Å². The maximum atomic E-state index is 6.26. The van der Waals surface area contributed by atoms with E-state index in [9.17, 15) is 0 Å². The molecule has 0 saturated heterocycles. The topological polar surface area (TPSA) is 29.3 Å². The Balaban J connectivity index is 1.90. The quantitative estimate of drug-likeness (QED) is 0.914. The lowest BCUT2D eigenvalue weighted by Gasteiger charge is -2.35. The first-order valence-electron chi connectivity index (χ1n) is 7.23. The Bertz CT molecular complexity index is 407. The molecule has 3 atom stereocenters. The van der Waals surface area contributed by atoms with E-state index in [2.05, 4.69) is 24.9 Å². The molecule has 19 heavy (non-hydrogen) atoms. The van der Waals surface area contributed by atoms with E-state index in [1.807, 2.05) is 18.2 Å². The van der Waals surface area contributed by atoms with Crippen molar-refractivity contribution in [2.45, 2.75) is 38.8 Å². The maximum absolute atomic E-state index is 6.26. The monoisotopic (exact) mass is 280 g/mol. The first kappa shape index (κ1) is 14.8. The average molecular weight is 281 g/mol. The molecule has 1 aliphatic rings. The van der Waals surface area contributed by atoms with Gasteiger partial charge >= 0.3 is 0 Å². The molecule has 0 amide bonds. The molecular weight excluding hydrogens is 256 g/mol. The van der Waals surface area contributed by atoms with E-state index in [1.54, 1.807) is 0 Å². The van der Waals surface area contributed by atoms with Crippen LogP contribution in [0.3, 0.4) is 0 Å². The van der Waals surface area contributed by atoms with E-state index in [0.717, 1.165) is 24.0 Å². The summed E-state index contributed by atoms with van der Waals surface area (Å²) in [5.74, 6) is 1.44. The largest absolute Gasteiger partial charge is 0.327 e. The number of benzene rings is 1. The van der Waals surface area contributed by atoms with Crippen LogP contribution in [0.25, 0.3) is 0 Å². The first-order valence-corrected chi connectivity index (χ1v) is 7.61. The Hall–Kier alpha value is -0.570. The van der Waals surface area contributed by atoms with Gasteiger partial charge in [0, 0.05) is 24.2 Å². The fraction of sp³-hybridized carbons (Fsp3) is 0.625. The highest BCUT2D eigenvalue weighted by Crippen LogP contribution is 2.28. The van der Waals surface area contributed by atoms with Crippen molar-refractivity contribution in [1.29, 1.82) is 0 Å². The lowest BCUT2D eigenvalue weighted by atomic mass is 9.79. The molecule has 106 valence electrons. The third-order valence-electron chi connectivity index (χ3n) is 4.25. The Labute approximate surface area is 121 Å². The summed E-state index contributed by atoms with van der Waals surface area (Å²) in [6.45, 7) is 4.31. The normalized spacial score (nSPS) is 27.7. The zero-order valence-electron chi connectivity index (χ0n) is 12.0. The zero-order valence-corrected chi connectivity index (χ0v) is 12.7.